The molecule has 0 heterocycles. The van der Waals surface area contributed by atoms with Crippen LogP contribution in [0.2, 0.25) is 0 Å². The van der Waals surface area contributed by atoms with Crippen LogP contribution in [0.1, 0.15) is 0 Å². The predicted molar refractivity (Wildman–Crippen MR) is 86.9 cm³/mol. The van der Waals surface area contributed by atoms with E-state index < -0.39 is 99.4 Å². The van der Waals surface area contributed by atoms with Gasteiger partial charge in [-0.05, 0) is 0 Å². The van der Waals surface area contributed by atoms with Crippen molar-refractivity contribution in [3.05, 3.63) is 0 Å². The molecule has 0 aromatic carbocycles. The lowest BCUT2D eigenvalue weighted by atomic mass is 10.1. The summed E-state index contributed by atoms with van der Waals surface area (Å²) in [6.07, 6.45) is -15.4. The highest BCUT2D eigenvalue weighted by molar-refractivity contribution is 8.13. The van der Waals surface area contributed by atoms with Crippen LogP contribution in [0.15, 0.2) is 0 Å². The smallest absolute Gasteiger partial charge is 0.205 e. The van der Waals surface area contributed by atoms with Gasteiger partial charge < -0.3 is 0 Å². The minimum Gasteiger partial charge on any atom is -0.205 e. The fraction of sp³-hybridized carbons (Fsp3) is 1.00. The third-order valence-electron chi connectivity index (χ3n) is 3.57. The molecule has 41 heavy (non-hydrogen) atoms. The van der Waals surface area contributed by atoms with Crippen LogP contribution in [-0.2, 0) is 40.5 Å². The SMILES string of the molecule is O=S(=O)(NS(=O)(=O)NS(=O)(=O)C(F)(F)C(F)(F)C(F)(F)C(F)(F)F)NS(=O)(=O)C(F)(F)C(F)(F)C(F)(F)C(F)(F)F. The van der Waals surface area contributed by atoms with Crippen molar-refractivity contribution in [1.82, 2.24) is 12.4 Å². The molecule has 0 aromatic rings. The number of sulfonamides is 2. The molecule has 0 spiro atoms. The Balaban J connectivity index is 6.48. The maximum atomic E-state index is 13.5. The van der Waals surface area contributed by atoms with E-state index in [0.717, 1.165) is 0 Å². The molecule has 11 nitrogen and oxygen atoms in total. The zero-order chi connectivity index (χ0) is 34.1. The molecule has 248 valence electrons. The van der Waals surface area contributed by atoms with E-state index in [1.165, 1.54) is 0 Å². The van der Waals surface area contributed by atoms with Gasteiger partial charge in [0, 0.05) is 0 Å². The first kappa shape index (κ1) is 39.4. The average Bonchev–Trinajstić information content (AvgIpc) is 2.62. The van der Waals surface area contributed by atoms with Crippen molar-refractivity contribution >= 4 is 40.5 Å². The highest BCUT2D eigenvalue weighted by Gasteiger charge is 2.87. The van der Waals surface area contributed by atoms with Gasteiger partial charge in [0.15, 0.2) is 0 Å². The van der Waals surface area contributed by atoms with Crippen molar-refractivity contribution in [2.45, 2.75) is 46.6 Å². The lowest BCUT2D eigenvalue weighted by Crippen LogP contribution is -2.66. The standard InChI is InChI=1S/C8H3F18N3O8S4/c9-1(10,5(17,18)19)3(13,14)7(23,24)38(30,31)27-40(34,35)29-41(36,37)28-39(32,33)8(25,26)4(15,16)2(11,12)6(20,21)22/h27-29H. The number of rotatable bonds is 12. The largest absolute Gasteiger partial charge is 0.460 e. The molecule has 0 aliphatic carbocycles. The zero-order valence-electron chi connectivity index (χ0n) is 17.2. The molecule has 3 N–H and O–H groups in total. The van der Waals surface area contributed by atoms with Crippen LogP contribution in [0, 0.1) is 0 Å². The Morgan fingerprint density at radius 1 is 0.317 bits per heavy atom. The zero-order valence-corrected chi connectivity index (χ0v) is 20.5. The second-order valence-electron chi connectivity index (χ2n) is 6.59. The highest BCUT2D eigenvalue weighted by atomic mass is 32.3. The van der Waals surface area contributed by atoms with E-state index >= 15 is 0 Å². The van der Waals surface area contributed by atoms with Gasteiger partial charge >= 0.3 is 67.0 Å². The Morgan fingerprint density at radius 3 is 0.683 bits per heavy atom. The number of alkyl halides is 18. The second kappa shape index (κ2) is 9.98. The van der Waals surface area contributed by atoms with E-state index in [-0.39, 0.29) is 0 Å². The summed E-state index contributed by atoms with van der Waals surface area (Å²) in [6.45, 7) is 0. The number of halogens is 18. The van der Waals surface area contributed by atoms with Crippen LogP contribution >= 0.6 is 0 Å². The maximum absolute atomic E-state index is 13.5. The van der Waals surface area contributed by atoms with E-state index in [1.807, 2.05) is 0 Å². The van der Waals surface area contributed by atoms with Gasteiger partial charge in [-0.15, -0.1) is 0 Å². The van der Waals surface area contributed by atoms with Crippen molar-refractivity contribution in [2.24, 2.45) is 0 Å². The Kier molecular flexibility index (Phi) is 9.60. The van der Waals surface area contributed by atoms with Gasteiger partial charge in [0.05, 0.1) is 0 Å². The molecule has 33 heteroatoms. The summed E-state index contributed by atoms with van der Waals surface area (Å²) in [7, 11) is -31.5. The Labute approximate surface area is 212 Å². The molecule has 0 unspecified atom stereocenters. The van der Waals surface area contributed by atoms with Crippen molar-refractivity contribution in [1.29, 1.82) is 0 Å². The third-order valence-corrected chi connectivity index (χ3v) is 10.7. The fourth-order valence-corrected chi connectivity index (χ4v) is 7.75. The molecule has 0 atom stereocenters. The van der Waals surface area contributed by atoms with Gasteiger partial charge in [0.25, 0.3) is 20.0 Å². The quantitative estimate of drug-likeness (QED) is 0.254. The molecule has 0 radical (unpaired) electrons. The molecule has 0 aromatic heterocycles. The fourth-order valence-electron chi connectivity index (χ4n) is 1.63. The van der Waals surface area contributed by atoms with Gasteiger partial charge in [-0.3, -0.25) is 0 Å². The topological polar surface area (TPSA) is 173 Å². The van der Waals surface area contributed by atoms with Crippen molar-refractivity contribution in [2.75, 3.05) is 0 Å². The summed E-state index contributed by atoms with van der Waals surface area (Å²) < 4.78 is 316. The number of hydrogen-bond acceptors (Lipinski definition) is 8. The van der Waals surface area contributed by atoms with Gasteiger partial charge in [0.1, 0.15) is 0 Å². The van der Waals surface area contributed by atoms with Crippen LogP contribution in [-0.4, -0.2) is 80.2 Å². The minimum absolute atomic E-state index is 0.782. The molecule has 0 rings (SSSR count). The third kappa shape index (κ3) is 6.52. The summed E-state index contributed by atoms with van der Waals surface area (Å²) >= 11 is 0. The highest BCUT2D eigenvalue weighted by Crippen LogP contribution is 2.55. The normalized spacial score (nSPS) is 16.6. The van der Waals surface area contributed by atoms with Crippen LogP contribution in [0.5, 0.6) is 0 Å². The van der Waals surface area contributed by atoms with E-state index in [9.17, 15) is 113 Å². The molecular formula is C8H3F18N3O8S4. The first-order valence-corrected chi connectivity index (χ1v) is 13.8. The first-order chi connectivity index (χ1) is 17.1. The van der Waals surface area contributed by atoms with Gasteiger partial charge in [0.2, 0.25) is 0 Å². The Bertz CT molecular complexity index is 1340. The van der Waals surface area contributed by atoms with E-state index in [1.54, 1.807) is 0 Å². The lowest BCUT2D eigenvalue weighted by molar-refractivity contribution is -0.382. The van der Waals surface area contributed by atoms with Crippen molar-refractivity contribution in [3.8, 4) is 0 Å². The van der Waals surface area contributed by atoms with Gasteiger partial charge in [-0.2, -0.15) is 95.9 Å². The predicted octanol–water partition coefficient (Wildman–Crippen LogP) is 1.76. The lowest BCUT2D eigenvalue weighted by Gasteiger charge is -2.33. The Morgan fingerprint density at radius 2 is 0.512 bits per heavy atom. The second-order valence-corrected chi connectivity index (χ2v) is 13.6. The molecule has 0 saturated heterocycles. The van der Waals surface area contributed by atoms with Crippen molar-refractivity contribution in [3.63, 3.8) is 0 Å². The maximum Gasteiger partial charge on any atom is 0.460 e. The molecule has 0 aliphatic rings. The first-order valence-electron chi connectivity index (χ1n) is 7.87. The molecule has 0 saturated carbocycles. The minimum atomic E-state index is -8.32. The summed E-state index contributed by atoms with van der Waals surface area (Å²) in [5.74, 6) is -32.4. The average molecular weight is 739 g/mol. The van der Waals surface area contributed by atoms with E-state index in [0.29, 0.717) is 0 Å². The Hall–Kier alpha value is -1.58. The van der Waals surface area contributed by atoms with Crippen molar-refractivity contribution < 1.29 is 113 Å². The van der Waals surface area contributed by atoms with Gasteiger partial charge in [-0.25, -0.2) is 16.8 Å². The number of nitrogens with one attached hydrogen (secondary N) is 3. The summed E-state index contributed by atoms with van der Waals surface area (Å²) in [4.78, 5) is 0. The summed E-state index contributed by atoms with van der Waals surface area (Å²) in [6, 6.07) is 0. The molecule has 0 amide bonds. The van der Waals surface area contributed by atoms with Crippen LogP contribution < -0.4 is 12.4 Å². The van der Waals surface area contributed by atoms with E-state index in [4.69, 9.17) is 0 Å². The molecule has 0 fully saturated rings. The summed E-state index contributed by atoms with van der Waals surface area (Å²) in [5, 5.41) is -15.9. The number of hydrogen-bond donors (Lipinski definition) is 3. The van der Waals surface area contributed by atoms with Gasteiger partial charge in [-0.1, -0.05) is 12.4 Å². The monoisotopic (exact) mass is 739 g/mol. The molecular weight excluding hydrogens is 736 g/mol. The molecule has 0 bridgehead atoms. The van der Waals surface area contributed by atoms with Crippen LogP contribution in [0.25, 0.3) is 0 Å². The van der Waals surface area contributed by atoms with Crippen LogP contribution in [0.4, 0.5) is 79.0 Å². The summed E-state index contributed by atoms with van der Waals surface area (Å²) in [5.41, 5.74) is 0. The van der Waals surface area contributed by atoms with Crippen LogP contribution in [0.3, 0.4) is 0 Å². The van der Waals surface area contributed by atoms with E-state index in [2.05, 4.69) is 0 Å². The molecule has 0 aliphatic heterocycles.